The largest absolute Gasteiger partial charge is 0.481 e. The van der Waals surface area contributed by atoms with Crippen LogP contribution in [0.3, 0.4) is 0 Å². The number of ether oxygens (including phenoxy) is 1. The highest BCUT2D eigenvalue weighted by Crippen LogP contribution is 2.14. The molecule has 1 atom stereocenters. The third-order valence-electron chi connectivity index (χ3n) is 2.21. The minimum atomic E-state index is -0.673. The number of Topliss-reactive ketones (excluding diaryl/α,β-unsaturated/α-hetero) is 1. The Morgan fingerprint density at radius 2 is 1.88 bits per heavy atom. The van der Waals surface area contributed by atoms with E-state index in [1.165, 1.54) is 0 Å². The minimum Gasteiger partial charge on any atom is -0.481 e. The van der Waals surface area contributed by atoms with Crippen LogP contribution in [0.5, 0.6) is 5.75 Å². The first kappa shape index (κ1) is 12.2. The molecular formula is C12H15NO3. The lowest BCUT2D eigenvalue weighted by Gasteiger charge is -2.11. The smallest absolute Gasteiger partial charge is 0.258 e. The summed E-state index contributed by atoms with van der Waals surface area (Å²) in [5.41, 5.74) is 5.71. The number of carbonyl (C=O) groups is 2. The van der Waals surface area contributed by atoms with Crippen LogP contribution in [0.25, 0.3) is 0 Å². The van der Waals surface area contributed by atoms with E-state index >= 15 is 0 Å². The van der Waals surface area contributed by atoms with E-state index in [1.54, 1.807) is 31.2 Å². The van der Waals surface area contributed by atoms with Crippen LogP contribution in [-0.4, -0.2) is 17.8 Å². The molecule has 0 saturated carbocycles. The number of ketones is 1. The molecule has 16 heavy (non-hydrogen) atoms. The minimum absolute atomic E-state index is 0.0782. The first-order chi connectivity index (χ1) is 7.54. The van der Waals surface area contributed by atoms with Crippen LogP contribution in [0.15, 0.2) is 24.3 Å². The van der Waals surface area contributed by atoms with E-state index < -0.39 is 12.0 Å². The molecule has 86 valence electrons. The molecule has 4 nitrogen and oxygen atoms in total. The van der Waals surface area contributed by atoms with E-state index in [2.05, 4.69) is 0 Å². The molecule has 0 aromatic heterocycles. The number of rotatable bonds is 5. The highest BCUT2D eigenvalue weighted by Gasteiger charge is 2.10. The van der Waals surface area contributed by atoms with Gasteiger partial charge in [-0.15, -0.1) is 0 Å². The Labute approximate surface area is 94.4 Å². The molecule has 1 aromatic rings. The fraction of sp³-hybridized carbons (Fsp3) is 0.333. The van der Waals surface area contributed by atoms with E-state index in [0.29, 0.717) is 17.7 Å². The highest BCUT2D eigenvalue weighted by molar-refractivity contribution is 5.95. The van der Waals surface area contributed by atoms with E-state index in [9.17, 15) is 9.59 Å². The van der Waals surface area contributed by atoms with Crippen molar-refractivity contribution in [2.24, 2.45) is 5.73 Å². The summed E-state index contributed by atoms with van der Waals surface area (Å²) < 4.78 is 5.26. The number of primary amides is 1. The first-order valence-corrected chi connectivity index (χ1v) is 5.13. The molecule has 0 saturated heterocycles. The highest BCUT2D eigenvalue weighted by atomic mass is 16.5. The Hall–Kier alpha value is -1.84. The van der Waals surface area contributed by atoms with Gasteiger partial charge in [-0.3, -0.25) is 9.59 Å². The number of nitrogens with two attached hydrogens (primary N) is 1. The van der Waals surface area contributed by atoms with E-state index in [0.717, 1.165) is 0 Å². The average Bonchev–Trinajstić information content (AvgIpc) is 2.28. The second-order valence-electron chi connectivity index (χ2n) is 3.46. The lowest BCUT2D eigenvalue weighted by atomic mass is 10.1. The molecule has 0 fully saturated rings. The molecule has 0 aliphatic carbocycles. The summed E-state index contributed by atoms with van der Waals surface area (Å²) in [5.74, 6) is 0.0853. The SMILES string of the molecule is CCC(=O)c1ccc(OC(C)C(N)=O)cc1. The number of hydrogen-bond donors (Lipinski definition) is 1. The van der Waals surface area contributed by atoms with Crippen molar-refractivity contribution < 1.29 is 14.3 Å². The summed E-state index contributed by atoms with van der Waals surface area (Å²) in [6, 6.07) is 6.66. The molecular weight excluding hydrogens is 206 g/mol. The summed E-state index contributed by atoms with van der Waals surface area (Å²) in [7, 11) is 0. The van der Waals surface area contributed by atoms with Gasteiger partial charge >= 0.3 is 0 Å². The molecule has 0 radical (unpaired) electrons. The predicted molar refractivity (Wildman–Crippen MR) is 60.3 cm³/mol. The van der Waals surface area contributed by atoms with Crippen LogP contribution in [-0.2, 0) is 4.79 Å². The van der Waals surface area contributed by atoms with E-state index in [4.69, 9.17) is 10.5 Å². The van der Waals surface area contributed by atoms with Crippen molar-refractivity contribution in [1.82, 2.24) is 0 Å². The molecule has 0 heterocycles. The average molecular weight is 221 g/mol. The maximum absolute atomic E-state index is 11.3. The van der Waals surface area contributed by atoms with Crippen molar-refractivity contribution in [2.45, 2.75) is 26.4 Å². The van der Waals surface area contributed by atoms with Crippen LogP contribution in [0, 0.1) is 0 Å². The number of carbonyl (C=O) groups excluding carboxylic acids is 2. The maximum Gasteiger partial charge on any atom is 0.258 e. The second-order valence-corrected chi connectivity index (χ2v) is 3.46. The van der Waals surface area contributed by atoms with Gasteiger partial charge in [-0.05, 0) is 31.2 Å². The Kier molecular flexibility index (Phi) is 4.05. The Morgan fingerprint density at radius 1 is 1.31 bits per heavy atom. The lowest BCUT2D eigenvalue weighted by Crippen LogP contribution is -2.30. The van der Waals surface area contributed by atoms with Crippen molar-refractivity contribution in [3.63, 3.8) is 0 Å². The Balaban J connectivity index is 2.72. The number of benzene rings is 1. The number of amides is 1. The van der Waals surface area contributed by atoms with Crippen LogP contribution < -0.4 is 10.5 Å². The van der Waals surface area contributed by atoms with Gasteiger partial charge in [0.25, 0.3) is 5.91 Å². The van der Waals surface area contributed by atoms with Gasteiger partial charge in [0.15, 0.2) is 11.9 Å². The second kappa shape index (κ2) is 5.30. The van der Waals surface area contributed by atoms with Crippen molar-refractivity contribution in [3.8, 4) is 5.75 Å². The molecule has 2 N–H and O–H groups in total. The zero-order valence-corrected chi connectivity index (χ0v) is 9.40. The predicted octanol–water partition coefficient (Wildman–Crippen LogP) is 1.53. The molecule has 0 aliphatic rings. The third kappa shape index (κ3) is 3.08. The monoisotopic (exact) mass is 221 g/mol. The molecule has 1 unspecified atom stereocenters. The topological polar surface area (TPSA) is 69.4 Å². The fourth-order valence-electron chi connectivity index (χ4n) is 1.19. The zero-order chi connectivity index (χ0) is 12.1. The molecule has 4 heteroatoms. The number of hydrogen-bond acceptors (Lipinski definition) is 3. The van der Waals surface area contributed by atoms with Crippen LogP contribution in [0.4, 0.5) is 0 Å². The summed E-state index contributed by atoms with van der Waals surface area (Å²) in [5, 5.41) is 0. The Morgan fingerprint density at radius 3 is 2.31 bits per heavy atom. The lowest BCUT2D eigenvalue weighted by molar-refractivity contribution is -0.123. The van der Waals surface area contributed by atoms with Gasteiger partial charge in [-0.1, -0.05) is 6.92 Å². The van der Waals surface area contributed by atoms with Gasteiger partial charge in [0.1, 0.15) is 5.75 Å². The fourth-order valence-corrected chi connectivity index (χ4v) is 1.19. The normalized spacial score (nSPS) is 11.9. The van der Waals surface area contributed by atoms with E-state index in [-0.39, 0.29) is 5.78 Å². The molecule has 0 bridgehead atoms. The molecule has 0 aliphatic heterocycles. The maximum atomic E-state index is 11.3. The van der Waals surface area contributed by atoms with Gasteiger partial charge in [0, 0.05) is 12.0 Å². The van der Waals surface area contributed by atoms with Gasteiger partial charge in [0.2, 0.25) is 0 Å². The Bertz CT molecular complexity index is 384. The molecule has 1 amide bonds. The van der Waals surface area contributed by atoms with Crippen molar-refractivity contribution in [1.29, 1.82) is 0 Å². The van der Waals surface area contributed by atoms with Crippen LogP contribution >= 0.6 is 0 Å². The molecule has 1 aromatic carbocycles. The third-order valence-corrected chi connectivity index (χ3v) is 2.21. The zero-order valence-electron chi connectivity index (χ0n) is 9.40. The molecule has 0 spiro atoms. The van der Waals surface area contributed by atoms with Gasteiger partial charge in [-0.25, -0.2) is 0 Å². The summed E-state index contributed by atoms with van der Waals surface area (Å²) >= 11 is 0. The quantitative estimate of drug-likeness (QED) is 0.766. The standard InChI is InChI=1S/C12H15NO3/c1-3-11(14)9-4-6-10(7-5-9)16-8(2)12(13)15/h4-8H,3H2,1-2H3,(H2,13,15). The van der Waals surface area contributed by atoms with Gasteiger partial charge < -0.3 is 10.5 Å². The van der Waals surface area contributed by atoms with Crippen LogP contribution in [0.1, 0.15) is 30.6 Å². The van der Waals surface area contributed by atoms with Crippen molar-refractivity contribution in [2.75, 3.05) is 0 Å². The van der Waals surface area contributed by atoms with Crippen molar-refractivity contribution in [3.05, 3.63) is 29.8 Å². The summed E-state index contributed by atoms with van der Waals surface area (Å²) in [4.78, 5) is 22.1. The van der Waals surface area contributed by atoms with Gasteiger partial charge in [0.05, 0.1) is 0 Å². The summed E-state index contributed by atoms with van der Waals surface area (Å²) in [6.45, 7) is 3.38. The van der Waals surface area contributed by atoms with Crippen molar-refractivity contribution >= 4 is 11.7 Å². The van der Waals surface area contributed by atoms with Crippen LogP contribution in [0.2, 0.25) is 0 Å². The van der Waals surface area contributed by atoms with Gasteiger partial charge in [-0.2, -0.15) is 0 Å². The summed E-state index contributed by atoms with van der Waals surface area (Å²) in [6.07, 6.45) is -0.203. The first-order valence-electron chi connectivity index (χ1n) is 5.13. The molecule has 1 rings (SSSR count). The van der Waals surface area contributed by atoms with E-state index in [1.807, 2.05) is 6.92 Å².